The van der Waals surface area contributed by atoms with Gasteiger partial charge in [-0.3, -0.25) is 4.90 Å². The molecule has 7 nitrogen and oxygen atoms in total. The number of allylic oxidation sites excluding steroid dienone is 1. The number of rotatable bonds is 7. The SMILES string of the molecule is C#CC1c2c(cc(O)cc2-c2ccc3c(N4CC5CCC(C4)N5)nc(N4CC(N(CC)CC)C4)nc3c2C(F)F)C=CC1F. The molecule has 4 heterocycles. The molecular weight excluding hydrogens is 565 g/mol. The molecule has 0 spiro atoms. The summed E-state index contributed by atoms with van der Waals surface area (Å²) < 4.78 is 45.7. The Labute approximate surface area is 255 Å². The number of benzene rings is 2. The number of phenols is 1. The van der Waals surface area contributed by atoms with Gasteiger partial charge in [-0.2, -0.15) is 4.98 Å². The number of nitrogens with one attached hydrogen (secondary N) is 1. The molecular formula is C34H37F3N6O. The quantitative estimate of drug-likeness (QED) is 0.347. The summed E-state index contributed by atoms with van der Waals surface area (Å²) in [5, 5.41) is 14.8. The lowest BCUT2D eigenvalue weighted by atomic mass is 9.80. The molecule has 4 unspecified atom stereocenters. The minimum Gasteiger partial charge on any atom is -0.508 e. The van der Waals surface area contributed by atoms with Crippen LogP contribution < -0.4 is 15.1 Å². The number of aromatic nitrogens is 2. The molecule has 7 rings (SSSR count). The fraction of sp³-hybridized carbons (Fsp3) is 0.471. The minimum absolute atomic E-state index is 0.111. The van der Waals surface area contributed by atoms with Crippen molar-refractivity contribution in [3.8, 4) is 29.2 Å². The van der Waals surface area contributed by atoms with Crippen molar-refractivity contribution in [1.29, 1.82) is 0 Å². The molecule has 2 N–H and O–H groups in total. The zero-order chi connectivity index (χ0) is 30.7. The summed E-state index contributed by atoms with van der Waals surface area (Å²) in [4.78, 5) is 16.5. The molecule has 0 amide bonds. The highest BCUT2D eigenvalue weighted by Gasteiger charge is 2.37. The monoisotopic (exact) mass is 602 g/mol. The van der Waals surface area contributed by atoms with Crippen LogP contribution in [-0.2, 0) is 0 Å². The summed E-state index contributed by atoms with van der Waals surface area (Å²) in [6.45, 7) is 9.06. The fourth-order valence-corrected chi connectivity index (χ4v) is 7.60. The summed E-state index contributed by atoms with van der Waals surface area (Å²) >= 11 is 0. The zero-order valence-corrected chi connectivity index (χ0v) is 25.0. The molecule has 3 aromatic rings. The summed E-state index contributed by atoms with van der Waals surface area (Å²) in [5.41, 5.74) is 1.31. The van der Waals surface area contributed by atoms with Crippen molar-refractivity contribution in [2.24, 2.45) is 0 Å². The van der Waals surface area contributed by atoms with Crippen molar-refractivity contribution in [1.82, 2.24) is 20.2 Å². The van der Waals surface area contributed by atoms with E-state index in [9.17, 15) is 5.11 Å². The molecule has 1 aliphatic carbocycles. The number of piperazine rings is 1. The van der Waals surface area contributed by atoms with Crippen LogP contribution in [0.25, 0.3) is 28.1 Å². The Morgan fingerprint density at radius 3 is 2.43 bits per heavy atom. The number of halogens is 3. The molecule has 4 atom stereocenters. The number of alkyl halides is 3. The Bertz CT molecular complexity index is 1650. The van der Waals surface area contributed by atoms with Gasteiger partial charge in [-0.1, -0.05) is 31.9 Å². The second kappa shape index (κ2) is 11.3. The molecule has 4 aliphatic rings. The van der Waals surface area contributed by atoms with Crippen molar-refractivity contribution in [2.45, 2.75) is 63.3 Å². The van der Waals surface area contributed by atoms with Gasteiger partial charge < -0.3 is 20.2 Å². The first-order chi connectivity index (χ1) is 21.3. The predicted molar refractivity (Wildman–Crippen MR) is 168 cm³/mol. The molecule has 44 heavy (non-hydrogen) atoms. The van der Waals surface area contributed by atoms with E-state index in [1.54, 1.807) is 18.2 Å². The molecule has 2 bridgehead atoms. The van der Waals surface area contributed by atoms with Crippen LogP contribution in [0.15, 0.2) is 30.3 Å². The lowest BCUT2D eigenvalue weighted by molar-refractivity contribution is 0.153. The average molecular weight is 603 g/mol. The Balaban J connectivity index is 1.42. The van der Waals surface area contributed by atoms with Gasteiger partial charge in [-0.25, -0.2) is 18.2 Å². The Kier molecular flexibility index (Phi) is 7.42. The van der Waals surface area contributed by atoms with Crippen LogP contribution in [0, 0.1) is 12.3 Å². The van der Waals surface area contributed by atoms with Crippen molar-refractivity contribution < 1.29 is 18.3 Å². The Morgan fingerprint density at radius 2 is 1.77 bits per heavy atom. The van der Waals surface area contributed by atoms with Crippen LogP contribution in [-0.4, -0.2) is 83.5 Å². The molecule has 10 heteroatoms. The van der Waals surface area contributed by atoms with Crippen LogP contribution >= 0.6 is 0 Å². The van der Waals surface area contributed by atoms with E-state index in [4.69, 9.17) is 16.4 Å². The maximum absolute atomic E-state index is 15.3. The Hall–Kier alpha value is -3.81. The molecule has 0 saturated carbocycles. The third-order valence-electron chi connectivity index (χ3n) is 9.84. The van der Waals surface area contributed by atoms with E-state index in [0.717, 1.165) is 52.1 Å². The normalized spacial score (nSPS) is 24.7. The van der Waals surface area contributed by atoms with E-state index in [1.165, 1.54) is 18.2 Å². The molecule has 3 saturated heterocycles. The summed E-state index contributed by atoms with van der Waals surface area (Å²) in [5.74, 6) is 2.52. The molecule has 230 valence electrons. The van der Waals surface area contributed by atoms with Crippen LogP contribution in [0.3, 0.4) is 0 Å². The smallest absolute Gasteiger partial charge is 0.266 e. The molecule has 3 aliphatic heterocycles. The minimum atomic E-state index is -2.90. The summed E-state index contributed by atoms with van der Waals surface area (Å²) in [7, 11) is 0. The second-order valence-electron chi connectivity index (χ2n) is 12.3. The van der Waals surface area contributed by atoms with Crippen LogP contribution in [0.4, 0.5) is 24.9 Å². The number of likely N-dealkylation sites (N-methyl/N-ethyl adjacent to an activating group) is 1. The van der Waals surface area contributed by atoms with Gasteiger partial charge >= 0.3 is 0 Å². The van der Waals surface area contributed by atoms with E-state index in [2.05, 4.69) is 39.8 Å². The first-order valence-electron chi connectivity index (χ1n) is 15.6. The number of terminal acetylenes is 1. The third-order valence-corrected chi connectivity index (χ3v) is 9.84. The molecule has 3 fully saturated rings. The van der Waals surface area contributed by atoms with Gasteiger partial charge in [-0.15, -0.1) is 6.42 Å². The maximum atomic E-state index is 15.3. The van der Waals surface area contributed by atoms with Crippen molar-refractivity contribution in [3.63, 3.8) is 0 Å². The van der Waals surface area contributed by atoms with Gasteiger partial charge in [-0.05, 0) is 72.5 Å². The number of hydrogen-bond donors (Lipinski definition) is 2. The predicted octanol–water partition coefficient (Wildman–Crippen LogP) is 5.49. The highest BCUT2D eigenvalue weighted by atomic mass is 19.3. The molecule has 2 aromatic carbocycles. The lowest BCUT2D eigenvalue weighted by Crippen LogP contribution is -2.60. The largest absolute Gasteiger partial charge is 0.508 e. The number of hydrogen-bond acceptors (Lipinski definition) is 7. The fourth-order valence-electron chi connectivity index (χ4n) is 7.60. The standard InChI is InChI=1S/C34H37F3N6O/c1-4-24-28(35)12-7-19-13-23(44)14-27(29(19)24)25-10-11-26-31(30(25)32(36)37)39-34(43-17-22(18-43)41(5-2)6-3)40-33(26)42-15-20-8-9-21(16-42)38-20/h1,7,10-14,20-22,24,28,32,38,44H,5-6,8-9,15-18H2,2-3H3. The van der Waals surface area contributed by atoms with Crippen molar-refractivity contribution in [2.75, 3.05) is 49.1 Å². The first-order valence-corrected chi connectivity index (χ1v) is 15.6. The van der Waals surface area contributed by atoms with Gasteiger partial charge in [0.05, 0.1) is 17.0 Å². The molecule has 1 aromatic heterocycles. The summed E-state index contributed by atoms with van der Waals surface area (Å²) in [6, 6.07) is 7.32. The number of aromatic hydroxyl groups is 1. The van der Waals surface area contributed by atoms with E-state index < -0.39 is 18.5 Å². The number of nitrogens with zero attached hydrogens (tertiary/aromatic N) is 5. The zero-order valence-electron chi connectivity index (χ0n) is 25.0. The topological polar surface area (TPSA) is 67.8 Å². The Morgan fingerprint density at radius 1 is 1.05 bits per heavy atom. The number of anilines is 2. The summed E-state index contributed by atoms with van der Waals surface area (Å²) in [6.07, 6.45) is 6.43. The first kappa shape index (κ1) is 28.9. The number of phenolic OH excluding ortho intramolecular Hbond substituents is 1. The number of fused-ring (bicyclic) bond motifs is 4. The van der Waals surface area contributed by atoms with Crippen molar-refractivity contribution >= 4 is 28.7 Å². The van der Waals surface area contributed by atoms with E-state index in [1.807, 2.05) is 0 Å². The second-order valence-corrected chi connectivity index (χ2v) is 12.3. The van der Waals surface area contributed by atoms with Crippen LogP contribution in [0.2, 0.25) is 0 Å². The average Bonchev–Trinajstić information content (AvgIpc) is 3.33. The maximum Gasteiger partial charge on any atom is 0.266 e. The third kappa shape index (κ3) is 4.77. The van der Waals surface area contributed by atoms with Gasteiger partial charge in [0, 0.05) is 49.7 Å². The van der Waals surface area contributed by atoms with E-state index >= 15 is 13.2 Å². The van der Waals surface area contributed by atoms with Crippen LogP contribution in [0.1, 0.15) is 55.7 Å². The van der Waals surface area contributed by atoms with E-state index in [0.29, 0.717) is 52.0 Å². The van der Waals surface area contributed by atoms with Gasteiger partial charge in [0.25, 0.3) is 6.43 Å². The van der Waals surface area contributed by atoms with Crippen LogP contribution in [0.5, 0.6) is 5.75 Å². The highest BCUT2D eigenvalue weighted by molar-refractivity contribution is 5.98. The van der Waals surface area contributed by atoms with Gasteiger partial charge in [0.2, 0.25) is 5.95 Å². The lowest BCUT2D eigenvalue weighted by Gasteiger charge is -2.45. The van der Waals surface area contributed by atoms with Crippen molar-refractivity contribution in [3.05, 3.63) is 47.0 Å². The van der Waals surface area contributed by atoms with E-state index in [-0.39, 0.29) is 22.4 Å². The highest BCUT2D eigenvalue weighted by Crippen LogP contribution is 2.46. The van der Waals surface area contributed by atoms with Gasteiger partial charge in [0.1, 0.15) is 17.7 Å². The van der Waals surface area contributed by atoms with Gasteiger partial charge in [0.15, 0.2) is 0 Å². The molecule has 0 radical (unpaired) electrons.